The molecule has 0 radical (unpaired) electrons. The summed E-state index contributed by atoms with van der Waals surface area (Å²) in [5.74, 6) is -1.48. The average molecular weight is 456 g/mol. The molecule has 0 unspecified atom stereocenters. The average Bonchev–Trinajstić information content (AvgIpc) is 2.78. The Morgan fingerprint density at radius 2 is 1.82 bits per heavy atom. The number of pyridine rings is 2. The van der Waals surface area contributed by atoms with Gasteiger partial charge in [-0.05, 0) is 49.4 Å². The van der Waals surface area contributed by atoms with Gasteiger partial charge in [0, 0.05) is 28.8 Å². The maximum Gasteiger partial charge on any atom is 0.416 e. The van der Waals surface area contributed by atoms with E-state index in [1.54, 1.807) is 25.1 Å². The fourth-order valence-electron chi connectivity index (χ4n) is 3.40. The summed E-state index contributed by atoms with van der Waals surface area (Å²) in [5, 5.41) is 9.42. The standard InChI is InChI=1S/C24H16F4N2O3/c1-2-33-15-5-6-16(19(25)10-15)13-3-7-21(29-12-13)22-11-18(23(31)32)17-9-14(24(26,27)28)4-8-20(17)30-22/h3-12H,2H2,1H3,(H,31,32). The Morgan fingerprint density at radius 3 is 2.42 bits per heavy atom. The topological polar surface area (TPSA) is 72.3 Å². The fourth-order valence-corrected chi connectivity index (χ4v) is 3.40. The van der Waals surface area contributed by atoms with E-state index in [1.807, 2.05) is 0 Å². The monoisotopic (exact) mass is 456 g/mol. The number of hydrogen-bond donors (Lipinski definition) is 1. The molecule has 0 bridgehead atoms. The van der Waals surface area contributed by atoms with Crippen molar-refractivity contribution in [2.75, 3.05) is 6.61 Å². The van der Waals surface area contributed by atoms with E-state index in [0.717, 1.165) is 18.2 Å². The van der Waals surface area contributed by atoms with Gasteiger partial charge in [0.15, 0.2) is 0 Å². The smallest absolute Gasteiger partial charge is 0.416 e. The molecule has 2 aromatic carbocycles. The summed E-state index contributed by atoms with van der Waals surface area (Å²) in [6, 6.07) is 11.5. The molecular formula is C24H16F4N2O3. The Balaban J connectivity index is 1.74. The minimum Gasteiger partial charge on any atom is -0.494 e. The lowest BCUT2D eigenvalue weighted by Gasteiger charge is -2.11. The van der Waals surface area contributed by atoms with Crippen molar-refractivity contribution in [3.8, 4) is 28.3 Å². The molecule has 0 saturated carbocycles. The Hall–Kier alpha value is -4.01. The number of alkyl halides is 3. The van der Waals surface area contributed by atoms with Crippen LogP contribution in [0, 0.1) is 5.82 Å². The molecule has 0 aliphatic carbocycles. The van der Waals surface area contributed by atoms with Gasteiger partial charge < -0.3 is 9.84 Å². The number of carboxylic acid groups (broad SMARTS) is 1. The van der Waals surface area contributed by atoms with Gasteiger partial charge in [-0.3, -0.25) is 4.98 Å². The highest BCUT2D eigenvalue weighted by Crippen LogP contribution is 2.33. The molecule has 0 fully saturated rings. The number of ether oxygens (including phenoxy) is 1. The quantitative estimate of drug-likeness (QED) is 0.361. The summed E-state index contributed by atoms with van der Waals surface area (Å²) in [7, 11) is 0. The van der Waals surface area contributed by atoms with Crippen LogP contribution in [0.15, 0.2) is 60.8 Å². The molecular weight excluding hydrogens is 440 g/mol. The van der Waals surface area contributed by atoms with Crippen LogP contribution in [-0.2, 0) is 6.18 Å². The van der Waals surface area contributed by atoms with Crippen molar-refractivity contribution in [1.29, 1.82) is 0 Å². The third-order valence-corrected chi connectivity index (χ3v) is 4.95. The third kappa shape index (κ3) is 4.48. The Kier molecular flexibility index (Phi) is 5.71. The first-order chi connectivity index (χ1) is 15.7. The van der Waals surface area contributed by atoms with E-state index in [1.165, 1.54) is 24.4 Å². The second kappa shape index (κ2) is 8.50. The number of nitrogens with zero attached hydrogens (tertiary/aromatic N) is 2. The van der Waals surface area contributed by atoms with Gasteiger partial charge in [-0.1, -0.05) is 6.07 Å². The summed E-state index contributed by atoms with van der Waals surface area (Å²) in [6.07, 6.45) is -3.21. The molecule has 4 aromatic rings. The number of carbonyl (C=O) groups is 1. The van der Waals surface area contributed by atoms with Crippen molar-refractivity contribution in [3.05, 3.63) is 77.7 Å². The van der Waals surface area contributed by atoms with Gasteiger partial charge >= 0.3 is 12.1 Å². The maximum absolute atomic E-state index is 14.4. The predicted molar refractivity (Wildman–Crippen MR) is 113 cm³/mol. The summed E-state index contributed by atoms with van der Waals surface area (Å²) in [4.78, 5) is 20.3. The molecule has 2 heterocycles. The highest BCUT2D eigenvalue weighted by Gasteiger charge is 2.31. The van der Waals surface area contributed by atoms with E-state index in [0.29, 0.717) is 23.5 Å². The molecule has 0 saturated heterocycles. The molecule has 4 rings (SSSR count). The van der Waals surface area contributed by atoms with E-state index >= 15 is 0 Å². The van der Waals surface area contributed by atoms with Gasteiger partial charge in [0.25, 0.3) is 0 Å². The van der Waals surface area contributed by atoms with Crippen molar-refractivity contribution < 1.29 is 32.2 Å². The van der Waals surface area contributed by atoms with Crippen LogP contribution >= 0.6 is 0 Å². The van der Waals surface area contributed by atoms with Crippen molar-refractivity contribution in [1.82, 2.24) is 9.97 Å². The minimum absolute atomic E-state index is 0.0846. The number of rotatable bonds is 5. The zero-order valence-corrected chi connectivity index (χ0v) is 17.2. The first-order valence-electron chi connectivity index (χ1n) is 9.82. The number of aromatic nitrogens is 2. The lowest BCUT2D eigenvalue weighted by atomic mass is 10.0. The molecule has 0 atom stereocenters. The third-order valence-electron chi connectivity index (χ3n) is 4.95. The van der Waals surface area contributed by atoms with Crippen LogP contribution in [0.5, 0.6) is 5.75 Å². The van der Waals surface area contributed by atoms with Crippen LogP contribution in [0.1, 0.15) is 22.8 Å². The van der Waals surface area contributed by atoms with Crippen molar-refractivity contribution in [2.24, 2.45) is 0 Å². The van der Waals surface area contributed by atoms with Crippen LogP contribution in [0.2, 0.25) is 0 Å². The summed E-state index contributed by atoms with van der Waals surface area (Å²) in [5.41, 5.74) is 0.0220. The molecule has 0 aliphatic rings. The molecule has 33 heavy (non-hydrogen) atoms. The molecule has 0 aliphatic heterocycles. The fraction of sp³-hybridized carbons (Fsp3) is 0.125. The lowest BCUT2D eigenvalue weighted by Crippen LogP contribution is -2.06. The number of hydrogen-bond acceptors (Lipinski definition) is 4. The highest BCUT2D eigenvalue weighted by molar-refractivity contribution is 6.03. The molecule has 0 amide bonds. The normalized spacial score (nSPS) is 11.5. The molecule has 2 aromatic heterocycles. The van der Waals surface area contributed by atoms with E-state index in [4.69, 9.17) is 4.74 Å². The number of benzene rings is 2. The highest BCUT2D eigenvalue weighted by atomic mass is 19.4. The zero-order chi connectivity index (χ0) is 23.8. The summed E-state index contributed by atoms with van der Waals surface area (Å²) in [6.45, 7) is 2.20. The van der Waals surface area contributed by atoms with E-state index in [-0.39, 0.29) is 27.9 Å². The molecule has 5 nitrogen and oxygen atoms in total. The van der Waals surface area contributed by atoms with Crippen LogP contribution < -0.4 is 4.74 Å². The van der Waals surface area contributed by atoms with Crippen LogP contribution in [0.3, 0.4) is 0 Å². The van der Waals surface area contributed by atoms with Crippen LogP contribution in [-0.4, -0.2) is 27.7 Å². The molecule has 168 valence electrons. The first kappa shape index (κ1) is 22.2. The zero-order valence-electron chi connectivity index (χ0n) is 17.2. The Morgan fingerprint density at radius 1 is 1.03 bits per heavy atom. The maximum atomic E-state index is 14.4. The van der Waals surface area contributed by atoms with Crippen LogP contribution in [0.25, 0.3) is 33.4 Å². The van der Waals surface area contributed by atoms with Gasteiger partial charge in [-0.15, -0.1) is 0 Å². The second-order valence-electron chi connectivity index (χ2n) is 7.10. The van der Waals surface area contributed by atoms with E-state index in [9.17, 15) is 27.5 Å². The van der Waals surface area contributed by atoms with Gasteiger partial charge in [0.1, 0.15) is 11.6 Å². The van der Waals surface area contributed by atoms with Crippen LogP contribution in [0.4, 0.5) is 17.6 Å². The van der Waals surface area contributed by atoms with Gasteiger partial charge in [-0.25, -0.2) is 14.2 Å². The van der Waals surface area contributed by atoms with Crippen molar-refractivity contribution >= 4 is 16.9 Å². The molecule has 9 heteroatoms. The number of halogens is 4. The number of fused-ring (bicyclic) bond motifs is 1. The van der Waals surface area contributed by atoms with Gasteiger partial charge in [-0.2, -0.15) is 13.2 Å². The second-order valence-corrected chi connectivity index (χ2v) is 7.10. The summed E-state index contributed by atoms with van der Waals surface area (Å²) >= 11 is 0. The summed E-state index contributed by atoms with van der Waals surface area (Å²) < 4.78 is 58.9. The largest absolute Gasteiger partial charge is 0.494 e. The molecule has 1 N–H and O–H groups in total. The van der Waals surface area contributed by atoms with E-state index < -0.39 is 23.5 Å². The Bertz CT molecular complexity index is 1350. The minimum atomic E-state index is -4.61. The van der Waals surface area contributed by atoms with Gasteiger partial charge in [0.2, 0.25) is 0 Å². The van der Waals surface area contributed by atoms with E-state index in [2.05, 4.69) is 9.97 Å². The Labute approximate surface area is 185 Å². The SMILES string of the molecule is CCOc1ccc(-c2ccc(-c3cc(C(=O)O)c4cc(C(F)(F)F)ccc4n3)nc2)c(F)c1. The molecule has 0 spiro atoms. The first-order valence-corrected chi connectivity index (χ1v) is 9.82. The number of aromatic carboxylic acids is 1. The predicted octanol–water partition coefficient (Wildman–Crippen LogP) is 6.22. The lowest BCUT2D eigenvalue weighted by molar-refractivity contribution is -0.137. The number of carboxylic acids is 1. The van der Waals surface area contributed by atoms with Crippen molar-refractivity contribution in [2.45, 2.75) is 13.1 Å². The van der Waals surface area contributed by atoms with Gasteiger partial charge in [0.05, 0.1) is 34.6 Å². The van der Waals surface area contributed by atoms with Crippen molar-refractivity contribution in [3.63, 3.8) is 0 Å².